The number of aromatic carboxylic acids is 1. The standard InChI is InChI=1S/C14H19N3O3/c1-10-4-6-17(7-5-10)14(20)16-9-11-2-3-12(13(18)19)15-8-11/h2-3,8,10H,4-7,9H2,1H3,(H,16,20)(H,18,19). The molecule has 0 radical (unpaired) electrons. The predicted molar refractivity (Wildman–Crippen MR) is 73.4 cm³/mol. The molecule has 0 atom stereocenters. The first-order valence-corrected chi connectivity index (χ1v) is 6.77. The molecule has 0 bridgehead atoms. The molecule has 1 aromatic rings. The maximum Gasteiger partial charge on any atom is 0.354 e. The molecule has 0 aliphatic carbocycles. The van der Waals surface area contributed by atoms with Crippen molar-refractivity contribution < 1.29 is 14.7 Å². The predicted octanol–water partition coefficient (Wildman–Crippen LogP) is 1.72. The minimum absolute atomic E-state index is 0.00472. The number of nitrogens with zero attached hydrogens (tertiary/aromatic N) is 2. The van der Waals surface area contributed by atoms with E-state index < -0.39 is 5.97 Å². The molecule has 108 valence electrons. The van der Waals surface area contributed by atoms with Gasteiger partial charge in [0.1, 0.15) is 5.69 Å². The van der Waals surface area contributed by atoms with E-state index in [1.807, 2.05) is 4.90 Å². The van der Waals surface area contributed by atoms with Gasteiger partial charge in [0, 0.05) is 25.8 Å². The van der Waals surface area contributed by atoms with E-state index in [0.717, 1.165) is 31.5 Å². The molecule has 0 saturated carbocycles. The lowest BCUT2D eigenvalue weighted by molar-refractivity contribution is 0.0690. The number of hydrogen-bond donors (Lipinski definition) is 2. The fraction of sp³-hybridized carbons (Fsp3) is 0.500. The van der Waals surface area contributed by atoms with Crippen molar-refractivity contribution in [1.82, 2.24) is 15.2 Å². The largest absolute Gasteiger partial charge is 0.477 e. The van der Waals surface area contributed by atoms with Crippen LogP contribution in [0.3, 0.4) is 0 Å². The minimum atomic E-state index is -1.05. The molecule has 0 unspecified atom stereocenters. The summed E-state index contributed by atoms with van der Waals surface area (Å²) in [5, 5.41) is 11.6. The minimum Gasteiger partial charge on any atom is -0.477 e. The van der Waals surface area contributed by atoms with E-state index in [0.29, 0.717) is 12.5 Å². The highest BCUT2D eigenvalue weighted by Gasteiger charge is 2.19. The van der Waals surface area contributed by atoms with Crippen molar-refractivity contribution in [2.75, 3.05) is 13.1 Å². The van der Waals surface area contributed by atoms with Crippen LogP contribution >= 0.6 is 0 Å². The van der Waals surface area contributed by atoms with Crippen molar-refractivity contribution in [3.05, 3.63) is 29.6 Å². The fourth-order valence-corrected chi connectivity index (χ4v) is 2.16. The first-order valence-electron chi connectivity index (χ1n) is 6.77. The molecule has 0 aromatic carbocycles. The molecule has 1 aliphatic rings. The Hall–Kier alpha value is -2.11. The zero-order valence-corrected chi connectivity index (χ0v) is 11.5. The van der Waals surface area contributed by atoms with E-state index >= 15 is 0 Å². The van der Waals surface area contributed by atoms with Crippen LogP contribution in [0.5, 0.6) is 0 Å². The number of carboxylic acid groups (broad SMARTS) is 1. The van der Waals surface area contributed by atoms with E-state index in [4.69, 9.17) is 5.11 Å². The smallest absolute Gasteiger partial charge is 0.354 e. The van der Waals surface area contributed by atoms with Gasteiger partial charge in [0.05, 0.1) is 0 Å². The Morgan fingerprint density at radius 2 is 2.10 bits per heavy atom. The van der Waals surface area contributed by atoms with Gasteiger partial charge in [-0.3, -0.25) is 0 Å². The lowest BCUT2D eigenvalue weighted by Crippen LogP contribution is -2.43. The second kappa shape index (κ2) is 6.36. The van der Waals surface area contributed by atoms with Crippen LogP contribution in [0.15, 0.2) is 18.3 Å². The number of rotatable bonds is 3. The maximum atomic E-state index is 12.0. The molecule has 2 rings (SSSR count). The van der Waals surface area contributed by atoms with Gasteiger partial charge in [-0.25, -0.2) is 14.6 Å². The van der Waals surface area contributed by atoms with Crippen LogP contribution in [0.25, 0.3) is 0 Å². The average Bonchev–Trinajstić information content (AvgIpc) is 2.46. The Kier molecular flexibility index (Phi) is 4.55. The van der Waals surface area contributed by atoms with Crippen LogP contribution in [0, 0.1) is 5.92 Å². The molecule has 1 fully saturated rings. The van der Waals surface area contributed by atoms with Gasteiger partial charge in [0.25, 0.3) is 0 Å². The Morgan fingerprint density at radius 3 is 2.65 bits per heavy atom. The monoisotopic (exact) mass is 277 g/mol. The van der Waals surface area contributed by atoms with Crippen molar-refractivity contribution in [2.24, 2.45) is 5.92 Å². The van der Waals surface area contributed by atoms with Gasteiger partial charge in [0.2, 0.25) is 0 Å². The molecule has 0 spiro atoms. The molecular formula is C14H19N3O3. The summed E-state index contributed by atoms with van der Waals surface area (Å²) in [4.78, 5) is 28.3. The highest BCUT2D eigenvalue weighted by atomic mass is 16.4. The Morgan fingerprint density at radius 1 is 1.40 bits per heavy atom. The van der Waals surface area contributed by atoms with Crippen molar-refractivity contribution in [1.29, 1.82) is 0 Å². The Bertz CT molecular complexity index is 479. The normalized spacial score (nSPS) is 15.9. The third-order valence-corrected chi connectivity index (χ3v) is 3.56. The lowest BCUT2D eigenvalue weighted by atomic mass is 10.00. The third kappa shape index (κ3) is 3.69. The quantitative estimate of drug-likeness (QED) is 0.881. The van der Waals surface area contributed by atoms with Gasteiger partial charge in [-0.15, -0.1) is 0 Å². The summed E-state index contributed by atoms with van der Waals surface area (Å²) < 4.78 is 0. The zero-order chi connectivity index (χ0) is 14.5. The number of amides is 2. The Balaban J connectivity index is 1.82. The van der Waals surface area contributed by atoms with Gasteiger partial charge in [-0.1, -0.05) is 13.0 Å². The molecule has 1 aromatic heterocycles. The summed E-state index contributed by atoms with van der Waals surface area (Å²) in [5.41, 5.74) is 0.791. The number of likely N-dealkylation sites (tertiary alicyclic amines) is 1. The summed E-state index contributed by atoms with van der Waals surface area (Å²) in [6, 6.07) is 3.03. The van der Waals surface area contributed by atoms with Gasteiger partial charge in [0.15, 0.2) is 0 Å². The fourth-order valence-electron chi connectivity index (χ4n) is 2.16. The second-order valence-corrected chi connectivity index (χ2v) is 5.19. The van der Waals surface area contributed by atoms with Crippen molar-refractivity contribution in [3.8, 4) is 0 Å². The van der Waals surface area contributed by atoms with Gasteiger partial charge < -0.3 is 15.3 Å². The van der Waals surface area contributed by atoms with Crippen LogP contribution in [0.1, 0.15) is 35.8 Å². The van der Waals surface area contributed by atoms with E-state index in [2.05, 4.69) is 17.2 Å². The molecule has 1 saturated heterocycles. The summed E-state index contributed by atoms with van der Waals surface area (Å²) in [5.74, 6) is -0.366. The highest BCUT2D eigenvalue weighted by Crippen LogP contribution is 2.15. The first-order chi connectivity index (χ1) is 9.56. The van der Waals surface area contributed by atoms with Crippen LogP contribution < -0.4 is 5.32 Å². The topological polar surface area (TPSA) is 82.5 Å². The van der Waals surface area contributed by atoms with Crippen LogP contribution in [-0.4, -0.2) is 40.1 Å². The number of carbonyl (C=O) groups is 2. The van der Waals surface area contributed by atoms with Gasteiger partial charge in [-0.05, 0) is 30.4 Å². The SMILES string of the molecule is CC1CCN(C(=O)NCc2ccc(C(=O)O)nc2)CC1. The number of hydrogen-bond acceptors (Lipinski definition) is 3. The van der Waals surface area contributed by atoms with Gasteiger partial charge in [-0.2, -0.15) is 0 Å². The number of aromatic nitrogens is 1. The molecule has 6 heteroatoms. The maximum absolute atomic E-state index is 12.0. The first kappa shape index (κ1) is 14.3. The molecule has 6 nitrogen and oxygen atoms in total. The molecule has 2 heterocycles. The zero-order valence-electron chi connectivity index (χ0n) is 11.5. The van der Waals surface area contributed by atoms with E-state index in [9.17, 15) is 9.59 Å². The second-order valence-electron chi connectivity index (χ2n) is 5.19. The summed E-state index contributed by atoms with van der Waals surface area (Å²) in [6.07, 6.45) is 3.56. The van der Waals surface area contributed by atoms with Crippen molar-refractivity contribution >= 4 is 12.0 Å². The number of piperidine rings is 1. The molecule has 2 amide bonds. The molecule has 2 N–H and O–H groups in total. The lowest BCUT2D eigenvalue weighted by Gasteiger charge is -2.30. The van der Waals surface area contributed by atoms with Crippen LogP contribution in [-0.2, 0) is 6.54 Å². The number of nitrogens with one attached hydrogen (secondary N) is 1. The Labute approximate surface area is 117 Å². The van der Waals surface area contributed by atoms with E-state index in [1.54, 1.807) is 6.07 Å². The summed E-state index contributed by atoms with van der Waals surface area (Å²) in [7, 11) is 0. The van der Waals surface area contributed by atoms with E-state index in [-0.39, 0.29) is 11.7 Å². The number of urea groups is 1. The van der Waals surface area contributed by atoms with Crippen LogP contribution in [0.2, 0.25) is 0 Å². The average molecular weight is 277 g/mol. The number of carboxylic acids is 1. The van der Waals surface area contributed by atoms with Crippen molar-refractivity contribution in [3.63, 3.8) is 0 Å². The van der Waals surface area contributed by atoms with E-state index in [1.165, 1.54) is 12.3 Å². The summed E-state index contributed by atoms with van der Waals surface area (Å²) in [6.45, 7) is 4.15. The van der Waals surface area contributed by atoms with Gasteiger partial charge >= 0.3 is 12.0 Å². The van der Waals surface area contributed by atoms with Crippen molar-refractivity contribution in [2.45, 2.75) is 26.3 Å². The third-order valence-electron chi connectivity index (χ3n) is 3.56. The molecule has 1 aliphatic heterocycles. The molecular weight excluding hydrogens is 258 g/mol. The highest BCUT2D eigenvalue weighted by molar-refractivity contribution is 5.85. The molecule has 20 heavy (non-hydrogen) atoms. The number of pyridine rings is 1. The number of carbonyl (C=O) groups excluding carboxylic acids is 1. The van der Waals surface area contributed by atoms with Crippen LogP contribution in [0.4, 0.5) is 4.79 Å². The summed E-state index contributed by atoms with van der Waals surface area (Å²) >= 11 is 0.